The van der Waals surface area contributed by atoms with Crippen LogP contribution in [0.3, 0.4) is 0 Å². The maximum Gasteiger partial charge on any atom is 0.0731 e. The van der Waals surface area contributed by atoms with Crippen LogP contribution >= 0.6 is 0 Å². The van der Waals surface area contributed by atoms with Crippen molar-refractivity contribution in [3.8, 4) is 0 Å². The van der Waals surface area contributed by atoms with Crippen molar-refractivity contribution in [2.75, 3.05) is 13.2 Å². The Morgan fingerprint density at radius 2 is 2.00 bits per heavy atom. The third-order valence-corrected chi connectivity index (χ3v) is 4.45. The molecule has 0 spiro atoms. The highest BCUT2D eigenvalue weighted by Gasteiger charge is 2.24. The van der Waals surface area contributed by atoms with Gasteiger partial charge in [-0.05, 0) is 48.6 Å². The molecular weight excluding hydrogens is 258 g/mol. The van der Waals surface area contributed by atoms with Gasteiger partial charge in [0.05, 0.1) is 6.10 Å². The summed E-state index contributed by atoms with van der Waals surface area (Å²) in [4.78, 5) is 0. The van der Waals surface area contributed by atoms with Gasteiger partial charge in [-0.2, -0.15) is 0 Å². The lowest BCUT2D eigenvalue weighted by atomic mass is 9.93. The summed E-state index contributed by atoms with van der Waals surface area (Å²) in [6.07, 6.45) is 5.09. The molecule has 1 fully saturated rings. The minimum Gasteiger partial charge on any atom is -0.377 e. The molecule has 0 bridgehead atoms. The molecule has 0 aliphatic carbocycles. The van der Waals surface area contributed by atoms with E-state index in [1.54, 1.807) is 0 Å². The average molecular weight is 283 g/mol. The van der Waals surface area contributed by atoms with Crippen molar-refractivity contribution in [1.29, 1.82) is 0 Å². The van der Waals surface area contributed by atoms with Gasteiger partial charge < -0.3 is 10.1 Å². The first kappa shape index (κ1) is 14.6. The fourth-order valence-electron chi connectivity index (χ4n) is 3.39. The van der Waals surface area contributed by atoms with Crippen LogP contribution in [0, 0.1) is 0 Å². The van der Waals surface area contributed by atoms with Crippen LogP contribution in [0.25, 0.3) is 10.8 Å². The van der Waals surface area contributed by atoms with Crippen LogP contribution in [-0.4, -0.2) is 25.3 Å². The number of nitrogens with one attached hydrogen (secondary N) is 1. The Kier molecular flexibility index (Phi) is 4.89. The van der Waals surface area contributed by atoms with E-state index >= 15 is 0 Å². The van der Waals surface area contributed by atoms with E-state index in [-0.39, 0.29) is 0 Å². The molecule has 2 aromatic rings. The molecule has 0 aromatic heterocycles. The molecule has 2 atom stereocenters. The molecule has 21 heavy (non-hydrogen) atoms. The van der Waals surface area contributed by atoms with Crippen molar-refractivity contribution in [3.05, 3.63) is 48.0 Å². The predicted octanol–water partition coefficient (Wildman–Crippen LogP) is 3.93. The lowest BCUT2D eigenvalue weighted by Crippen LogP contribution is -2.44. The maximum absolute atomic E-state index is 6.01. The summed E-state index contributed by atoms with van der Waals surface area (Å²) in [6, 6.07) is 15.7. The zero-order valence-corrected chi connectivity index (χ0v) is 12.8. The normalized spacial score (nSPS) is 20.5. The first-order valence-corrected chi connectivity index (χ1v) is 8.20. The van der Waals surface area contributed by atoms with E-state index in [0.29, 0.717) is 12.1 Å². The molecule has 3 rings (SSSR count). The molecular formula is C19H25NO. The van der Waals surface area contributed by atoms with Crippen molar-refractivity contribution in [3.63, 3.8) is 0 Å². The standard InChI is InChI=1S/C19H25NO/c1-2-20-18(19-12-5-6-13-21-19)14-16-10-7-9-15-8-3-4-11-17(15)16/h3-4,7-11,18-20H,2,5-6,12-14H2,1H3. The Hall–Kier alpha value is -1.38. The Morgan fingerprint density at radius 1 is 1.14 bits per heavy atom. The average Bonchev–Trinajstić information content (AvgIpc) is 2.55. The first-order valence-electron chi connectivity index (χ1n) is 8.20. The zero-order chi connectivity index (χ0) is 14.5. The van der Waals surface area contributed by atoms with Gasteiger partial charge in [0.2, 0.25) is 0 Å². The summed E-state index contributed by atoms with van der Waals surface area (Å²) in [7, 11) is 0. The Bertz CT molecular complexity index is 569. The largest absolute Gasteiger partial charge is 0.377 e. The minimum atomic E-state index is 0.359. The van der Waals surface area contributed by atoms with Gasteiger partial charge in [0, 0.05) is 12.6 Å². The van der Waals surface area contributed by atoms with Gasteiger partial charge in [-0.25, -0.2) is 0 Å². The van der Waals surface area contributed by atoms with Crippen molar-refractivity contribution < 1.29 is 4.74 Å². The van der Waals surface area contributed by atoms with Gasteiger partial charge in [0.1, 0.15) is 0 Å². The Balaban J connectivity index is 1.83. The molecule has 1 saturated heterocycles. The second-order valence-electron chi connectivity index (χ2n) is 5.91. The maximum atomic E-state index is 6.01. The molecule has 0 radical (unpaired) electrons. The fraction of sp³-hybridized carbons (Fsp3) is 0.474. The van der Waals surface area contributed by atoms with Gasteiger partial charge >= 0.3 is 0 Å². The van der Waals surface area contributed by atoms with E-state index < -0.39 is 0 Å². The number of hydrogen-bond donors (Lipinski definition) is 1. The van der Waals surface area contributed by atoms with E-state index in [9.17, 15) is 0 Å². The van der Waals surface area contributed by atoms with Crippen LogP contribution in [0.2, 0.25) is 0 Å². The number of hydrogen-bond acceptors (Lipinski definition) is 2. The van der Waals surface area contributed by atoms with Crippen molar-refractivity contribution in [2.45, 2.75) is 44.8 Å². The van der Waals surface area contributed by atoms with Crippen LogP contribution < -0.4 is 5.32 Å². The summed E-state index contributed by atoms with van der Waals surface area (Å²) in [6.45, 7) is 4.09. The van der Waals surface area contributed by atoms with Crippen LogP contribution in [0.15, 0.2) is 42.5 Å². The zero-order valence-electron chi connectivity index (χ0n) is 12.8. The van der Waals surface area contributed by atoms with E-state index in [0.717, 1.165) is 19.6 Å². The predicted molar refractivity (Wildman–Crippen MR) is 88.7 cm³/mol. The van der Waals surface area contributed by atoms with Crippen LogP contribution in [0.1, 0.15) is 31.7 Å². The van der Waals surface area contributed by atoms with Crippen molar-refractivity contribution >= 4 is 10.8 Å². The molecule has 1 N–H and O–H groups in total. The second kappa shape index (κ2) is 7.06. The molecule has 0 amide bonds. The van der Waals surface area contributed by atoms with E-state index in [1.807, 2.05) is 0 Å². The van der Waals surface area contributed by atoms with Crippen LogP contribution in [0.5, 0.6) is 0 Å². The third kappa shape index (κ3) is 3.45. The van der Waals surface area contributed by atoms with Crippen LogP contribution in [0.4, 0.5) is 0 Å². The molecule has 2 aromatic carbocycles. The number of fused-ring (bicyclic) bond motifs is 1. The van der Waals surface area contributed by atoms with E-state index in [2.05, 4.69) is 54.7 Å². The van der Waals surface area contributed by atoms with Gasteiger partial charge in [0.15, 0.2) is 0 Å². The second-order valence-corrected chi connectivity index (χ2v) is 5.91. The summed E-state index contributed by atoms with van der Waals surface area (Å²) >= 11 is 0. The molecule has 2 nitrogen and oxygen atoms in total. The molecule has 112 valence electrons. The molecule has 1 heterocycles. The highest BCUT2D eigenvalue weighted by atomic mass is 16.5. The monoisotopic (exact) mass is 283 g/mol. The first-order chi connectivity index (χ1) is 10.4. The van der Waals surface area contributed by atoms with Crippen LogP contribution in [-0.2, 0) is 11.2 Å². The summed E-state index contributed by atoms with van der Waals surface area (Å²) in [5.41, 5.74) is 1.42. The van der Waals surface area contributed by atoms with E-state index in [4.69, 9.17) is 4.74 Å². The van der Waals surface area contributed by atoms with Gasteiger partial charge in [-0.3, -0.25) is 0 Å². The van der Waals surface area contributed by atoms with Gasteiger partial charge in [0.25, 0.3) is 0 Å². The van der Waals surface area contributed by atoms with Gasteiger partial charge in [-0.15, -0.1) is 0 Å². The summed E-state index contributed by atoms with van der Waals surface area (Å²) in [5, 5.41) is 6.34. The topological polar surface area (TPSA) is 21.3 Å². The number of likely N-dealkylation sites (N-methyl/N-ethyl adjacent to an activating group) is 1. The fourth-order valence-corrected chi connectivity index (χ4v) is 3.39. The number of ether oxygens (including phenoxy) is 1. The lowest BCUT2D eigenvalue weighted by molar-refractivity contribution is -0.00702. The number of rotatable bonds is 5. The molecule has 2 heteroatoms. The number of benzene rings is 2. The summed E-state index contributed by atoms with van der Waals surface area (Å²) < 4.78 is 6.01. The highest BCUT2D eigenvalue weighted by Crippen LogP contribution is 2.23. The SMILES string of the molecule is CCNC(Cc1cccc2ccccc12)C1CCCCO1. The van der Waals surface area contributed by atoms with E-state index in [1.165, 1.54) is 35.6 Å². The smallest absolute Gasteiger partial charge is 0.0731 e. The third-order valence-electron chi connectivity index (χ3n) is 4.45. The van der Waals surface area contributed by atoms with Crippen molar-refractivity contribution in [2.24, 2.45) is 0 Å². The minimum absolute atomic E-state index is 0.359. The molecule has 0 saturated carbocycles. The Labute approximate surface area is 127 Å². The summed E-state index contributed by atoms with van der Waals surface area (Å²) in [5.74, 6) is 0. The van der Waals surface area contributed by atoms with Gasteiger partial charge in [-0.1, -0.05) is 49.4 Å². The molecule has 1 aliphatic heterocycles. The lowest BCUT2D eigenvalue weighted by Gasteiger charge is -2.31. The highest BCUT2D eigenvalue weighted by molar-refractivity contribution is 5.85. The quantitative estimate of drug-likeness (QED) is 0.897. The Morgan fingerprint density at radius 3 is 2.81 bits per heavy atom. The molecule has 2 unspecified atom stereocenters. The molecule has 1 aliphatic rings. The van der Waals surface area contributed by atoms with Crippen molar-refractivity contribution in [1.82, 2.24) is 5.32 Å².